The fourth-order valence-corrected chi connectivity index (χ4v) is 2.40. The van der Waals surface area contributed by atoms with Crippen LogP contribution < -0.4 is 4.74 Å². The van der Waals surface area contributed by atoms with Gasteiger partial charge in [-0.05, 0) is 24.3 Å². The number of ether oxygens (including phenoxy) is 1. The van der Waals surface area contributed by atoms with Gasteiger partial charge in [-0.3, -0.25) is 5.10 Å². The molecule has 0 amide bonds. The van der Waals surface area contributed by atoms with Gasteiger partial charge in [0.25, 0.3) is 0 Å². The van der Waals surface area contributed by atoms with E-state index in [1.165, 1.54) is 0 Å². The maximum Gasteiger partial charge on any atom is 0.128 e. The second-order valence-electron chi connectivity index (χ2n) is 3.96. The maximum absolute atomic E-state index is 5.40. The Kier molecular flexibility index (Phi) is 2.80. The fourth-order valence-electron chi connectivity index (χ4n) is 2.03. The summed E-state index contributed by atoms with van der Waals surface area (Å²) in [5, 5.41) is 8.52. The number of H-pyrrole nitrogens is 1. The van der Waals surface area contributed by atoms with Gasteiger partial charge in [0.15, 0.2) is 0 Å². The minimum absolute atomic E-state index is 0.815. The van der Waals surface area contributed by atoms with Gasteiger partial charge in [0, 0.05) is 15.4 Å². The minimum Gasteiger partial charge on any atom is -0.496 e. The first-order chi connectivity index (χ1) is 8.79. The van der Waals surface area contributed by atoms with Crippen LogP contribution >= 0.6 is 15.9 Å². The van der Waals surface area contributed by atoms with Crippen molar-refractivity contribution in [2.75, 3.05) is 7.11 Å². The molecule has 18 heavy (non-hydrogen) atoms. The highest BCUT2D eigenvalue weighted by Gasteiger charge is 2.12. The van der Waals surface area contributed by atoms with E-state index in [9.17, 15) is 0 Å². The lowest BCUT2D eigenvalue weighted by molar-refractivity contribution is 0.416. The lowest BCUT2D eigenvalue weighted by Gasteiger charge is -2.07. The van der Waals surface area contributed by atoms with Crippen molar-refractivity contribution in [2.24, 2.45) is 0 Å². The molecule has 0 aliphatic heterocycles. The average molecular weight is 303 g/mol. The Morgan fingerprint density at radius 1 is 1.17 bits per heavy atom. The summed E-state index contributed by atoms with van der Waals surface area (Å²) in [4.78, 5) is 0. The van der Waals surface area contributed by atoms with Gasteiger partial charge >= 0.3 is 0 Å². The number of methoxy groups -OCH3 is 1. The molecule has 3 aromatic rings. The Labute approximate surface area is 113 Å². The zero-order valence-electron chi connectivity index (χ0n) is 9.77. The first-order valence-electron chi connectivity index (χ1n) is 5.56. The smallest absolute Gasteiger partial charge is 0.128 e. The molecule has 1 heterocycles. The number of hydrogen-bond donors (Lipinski definition) is 1. The molecule has 3 nitrogen and oxygen atoms in total. The first-order valence-corrected chi connectivity index (χ1v) is 6.36. The molecular weight excluding hydrogens is 292 g/mol. The third-order valence-corrected chi connectivity index (χ3v) is 3.38. The molecule has 0 aliphatic carbocycles. The molecule has 0 atom stereocenters. The van der Waals surface area contributed by atoms with Crippen molar-refractivity contribution < 1.29 is 4.74 Å². The number of hydrogen-bond acceptors (Lipinski definition) is 2. The molecule has 90 valence electrons. The van der Waals surface area contributed by atoms with Crippen LogP contribution in [0, 0.1) is 0 Å². The van der Waals surface area contributed by atoms with Crippen LogP contribution in [-0.2, 0) is 0 Å². The zero-order valence-corrected chi connectivity index (χ0v) is 11.4. The van der Waals surface area contributed by atoms with Gasteiger partial charge in [-0.1, -0.05) is 34.1 Å². The highest BCUT2D eigenvalue weighted by atomic mass is 79.9. The van der Waals surface area contributed by atoms with Gasteiger partial charge in [-0.15, -0.1) is 0 Å². The second-order valence-corrected chi connectivity index (χ2v) is 4.88. The molecule has 1 aromatic heterocycles. The normalized spacial score (nSPS) is 10.8. The number of nitrogens with zero attached hydrogens (tertiary/aromatic N) is 1. The van der Waals surface area contributed by atoms with E-state index in [1.807, 2.05) is 36.4 Å². The van der Waals surface area contributed by atoms with E-state index in [-0.39, 0.29) is 0 Å². The maximum atomic E-state index is 5.40. The lowest BCUT2D eigenvalue weighted by Crippen LogP contribution is -1.88. The van der Waals surface area contributed by atoms with Crippen molar-refractivity contribution >= 4 is 26.8 Å². The van der Waals surface area contributed by atoms with Crippen LogP contribution in [0.2, 0.25) is 0 Å². The van der Waals surface area contributed by atoms with E-state index in [0.29, 0.717) is 0 Å². The van der Waals surface area contributed by atoms with E-state index in [2.05, 4.69) is 32.2 Å². The van der Waals surface area contributed by atoms with E-state index in [4.69, 9.17) is 4.74 Å². The number of rotatable bonds is 2. The Morgan fingerprint density at radius 3 is 2.83 bits per heavy atom. The quantitative estimate of drug-likeness (QED) is 0.777. The van der Waals surface area contributed by atoms with Crippen LogP contribution in [0.5, 0.6) is 5.75 Å². The molecule has 3 rings (SSSR count). The number of para-hydroxylation sites is 1. The van der Waals surface area contributed by atoms with Gasteiger partial charge in [0.2, 0.25) is 0 Å². The first kappa shape index (κ1) is 11.3. The van der Waals surface area contributed by atoms with E-state index in [0.717, 1.165) is 32.4 Å². The van der Waals surface area contributed by atoms with Gasteiger partial charge in [0.05, 0.1) is 12.6 Å². The number of aromatic nitrogens is 2. The summed E-state index contributed by atoms with van der Waals surface area (Å²) in [6, 6.07) is 14.0. The minimum atomic E-state index is 0.815. The number of benzene rings is 2. The van der Waals surface area contributed by atoms with E-state index in [1.54, 1.807) is 7.11 Å². The van der Waals surface area contributed by atoms with Crippen LogP contribution in [0.3, 0.4) is 0 Å². The highest BCUT2D eigenvalue weighted by molar-refractivity contribution is 9.10. The van der Waals surface area contributed by atoms with Crippen LogP contribution in [0.4, 0.5) is 0 Å². The highest BCUT2D eigenvalue weighted by Crippen LogP contribution is 2.35. The summed E-state index contributed by atoms with van der Waals surface area (Å²) in [6.45, 7) is 0. The van der Waals surface area contributed by atoms with Gasteiger partial charge < -0.3 is 4.74 Å². The third kappa shape index (κ3) is 1.78. The predicted octanol–water partition coefficient (Wildman–Crippen LogP) is 4.00. The Balaban J connectivity index is 2.29. The summed E-state index contributed by atoms with van der Waals surface area (Å²) in [5.41, 5.74) is 2.91. The summed E-state index contributed by atoms with van der Waals surface area (Å²) in [6.07, 6.45) is 0. The van der Waals surface area contributed by atoms with Gasteiger partial charge in [-0.25, -0.2) is 0 Å². The average Bonchev–Trinajstić information content (AvgIpc) is 2.82. The number of nitrogens with one attached hydrogen (secondary N) is 1. The molecular formula is C14H11BrN2O. The molecule has 0 bridgehead atoms. The molecule has 0 saturated heterocycles. The Bertz CT molecular complexity index is 706. The van der Waals surface area contributed by atoms with Crippen LogP contribution in [0.1, 0.15) is 0 Å². The summed E-state index contributed by atoms with van der Waals surface area (Å²) < 4.78 is 6.40. The molecule has 0 radical (unpaired) electrons. The fraction of sp³-hybridized carbons (Fsp3) is 0.0714. The Morgan fingerprint density at radius 2 is 2.00 bits per heavy atom. The molecule has 4 heteroatoms. The molecule has 0 unspecified atom stereocenters. The number of halogens is 1. The molecule has 0 aliphatic rings. The third-order valence-electron chi connectivity index (χ3n) is 2.89. The monoisotopic (exact) mass is 302 g/mol. The molecule has 0 spiro atoms. The van der Waals surface area contributed by atoms with Crippen molar-refractivity contribution in [2.45, 2.75) is 0 Å². The zero-order chi connectivity index (χ0) is 12.5. The van der Waals surface area contributed by atoms with Crippen molar-refractivity contribution in [3.05, 3.63) is 46.9 Å². The van der Waals surface area contributed by atoms with Crippen LogP contribution in [0.25, 0.3) is 22.2 Å². The van der Waals surface area contributed by atoms with Crippen LogP contribution in [-0.4, -0.2) is 17.3 Å². The molecule has 2 aromatic carbocycles. The van der Waals surface area contributed by atoms with E-state index >= 15 is 0 Å². The van der Waals surface area contributed by atoms with Gasteiger partial charge in [0.1, 0.15) is 11.4 Å². The number of fused-ring (bicyclic) bond motifs is 1. The number of aromatic amines is 1. The largest absolute Gasteiger partial charge is 0.496 e. The van der Waals surface area contributed by atoms with Crippen molar-refractivity contribution in [1.82, 2.24) is 10.2 Å². The second kappa shape index (κ2) is 4.46. The van der Waals surface area contributed by atoms with Gasteiger partial charge in [-0.2, -0.15) is 5.10 Å². The summed E-state index contributed by atoms with van der Waals surface area (Å²) >= 11 is 3.48. The van der Waals surface area contributed by atoms with Crippen LogP contribution in [0.15, 0.2) is 46.9 Å². The van der Waals surface area contributed by atoms with Crippen molar-refractivity contribution in [1.29, 1.82) is 0 Å². The van der Waals surface area contributed by atoms with E-state index < -0.39 is 0 Å². The standard InChI is InChI=1S/C14H11BrN2O/c1-18-13-7-6-9(15)8-11(13)14-10-4-2-3-5-12(10)16-17-14/h2-8H,1H3,(H,16,17). The van der Waals surface area contributed by atoms with Crippen molar-refractivity contribution in [3.63, 3.8) is 0 Å². The predicted molar refractivity (Wildman–Crippen MR) is 75.8 cm³/mol. The summed E-state index contributed by atoms with van der Waals surface area (Å²) in [7, 11) is 1.67. The SMILES string of the molecule is COc1ccc(Br)cc1-c1n[nH]c2ccccc12. The molecule has 0 fully saturated rings. The summed E-state index contributed by atoms with van der Waals surface area (Å²) in [5.74, 6) is 0.815. The van der Waals surface area contributed by atoms with Crippen molar-refractivity contribution in [3.8, 4) is 17.0 Å². The molecule has 0 saturated carbocycles. The lowest BCUT2D eigenvalue weighted by atomic mass is 10.1. The Hall–Kier alpha value is -1.81. The molecule has 1 N–H and O–H groups in total. The topological polar surface area (TPSA) is 37.9 Å².